The summed E-state index contributed by atoms with van der Waals surface area (Å²) in [6.07, 6.45) is 2.87. The number of carbonyl (C=O) groups is 2. The summed E-state index contributed by atoms with van der Waals surface area (Å²) >= 11 is 8.85. The van der Waals surface area contributed by atoms with Crippen molar-refractivity contribution in [3.63, 3.8) is 0 Å². The quantitative estimate of drug-likeness (QED) is 0.527. The normalized spacial score (nSPS) is 14.0. The number of carbonyl (C=O) groups excluding carboxylic acids is 2. The van der Waals surface area contributed by atoms with Crippen LogP contribution in [0.4, 0.5) is 5.00 Å². The third-order valence-corrected chi connectivity index (χ3v) is 6.70. The third kappa shape index (κ3) is 4.24. The summed E-state index contributed by atoms with van der Waals surface area (Å²) in [6, 6.07) is 7.38. The van der Waals surface area contributed by atoms with Gasteiger partial charge in [0.25, 0.3) is 0 Å². The molecule has 1 heterocycles. The van der Waals surface area contributed by atoms with E-state index in [1.165, 1.54) is 28.0 Å². The second-order valence-electron chi connectivity index (χ2n) is 5.99. The Labute approximate surface area is 166 Å². The van der Waals surface area contributed by atoms with Gasteiger partial charge in [0.05, 0.1) is 17.4 Å². The van der Waals surface area contributed by atoms with Crippen LogP contribution in [0.1, 0.15) is 41.1 Å². The van der Waals surface area contributed by atoms with E-state index in [2.05, 4.69) is 5.32 Å². The lowest BCUT2D eigenvalue weighted by molar-refractivity contribution is -0.115. The van der Waals surface area contributed by atoms with Gasteiger partial charge < -0.3 is 10.1 Å². The van der Waals surface area contributed by atoms with Crippen molar-refractivity contribution in [1.29, 1.82) is 0 Å². The number of aryl methyl sites for hydroxylation is 1. The second-order valence-corrected chi connectivity index (χ2v) is 8.94. The molecule has 1 aliphatic rings. The Kier molecular flexibility index (Phi) is 6.27. The molecule has 2 aromatic rings. The first-order chi connectivity index (χ1) is 12.5. The molecule has 0 aliphatic heterocycles. The molecule has 4 nitrogen and oxygen atoms in total. The minimum atomic E-state index is -0.347. The number of esters is 1. The highest BCUT2D eigenvalue weighted by Crippen LogP contribution is 2.40. The van der Waals surface area contributed by atoms with Gasteiger partial charge in [-0.25, -0.2) is 4.79 Å². The molecule has 0 saturated carbocycles. The first-order valence-electron chi connectivity index (χ1n) is 8.54. The van der Waals surface area contributed by atoms with Crippen LogP contribution in [-0.2, 0) is 22.4 Å². The summed E-state index contributed by atoms with van der Waals surface area (Å²) in [5.74, 6) is -0.476. The van der Waals surface area contributed by atoms with Crippen LogP contribution in [0.3, 0.4) is 0 Å². The predicted molar refractivity (Wildman–Crippen MR) is 108 cm³/mol. The molecule has 1 amide bonds. The number of nitrogens with one attached hydrogen (secondary N) is 1. The molecule has 0 saturated heterocycles. The monoisotopic (exact) mass is 409 g/mol. The van der Waals surface area contributed by atoms with Crippen LogP contribution < -0.4 is 5.32 Å². The summed E-state index contributed by atoms with van der Waals surface area (Å²) in [4.78, 5) is 27.2. The molecule has 1 unspecified atom stereocenters. The fourth-order valence-corrected chi connectivity index (χ4v) is 5.17. The number of fused-ring (bicyclic) bond motifs is 1. The highest BCUT2D eigenvalue weighted by molar-refractivity contribution is 8.00. The van der Waals surface area contributed by atoms with Gasteiger partial charge in [0, 0.05) is 14.8 Å². The Morgan fingerprint density at radius 2 is 2.04 bits per heavy atom. The predicted octanol–water partition coefficient (Wildman–Crippen LogP) is 5.19. The summed E-state index contributed by atoms with van der Waals surface area (Å²) in [5.41, 5.74) is 1.59. The molecule has 7 heteroatoms. The lowest BCUT2D eigenvalue weighted by Gasteiger charge is -2.13. The van der Waals surface area contributed by atoms with Crippen molar-refractivity contribution >= 4 is 51.6 Å². The van der Waals surface area contributed by atoms with E-state index in [1.54, 1.807) is 19.1 Å². The van der Waals surface area contributed by atoms with Gasteiger partial charge in [0.15, 0.2) is 0 Å². The van der Waals surface area contributed by atoms with Crippen molar-refractivity contribution in [2.24, 2.45) is 0 Å². The van der Waals surface area contributed by atoms with Crippen LogP contribution in [0, 0.1) is 0 Å². The van der Waals surface area contributed by atoms with Crippen LogP contribution in [0.5, 0.6) is 0 Å². The van der Waals surface area contributed by atoms with Crippen molar-refractivity contribution in [2.75, 3.05) is 11.9 Å². The van der Waals surface area contributed by atoms with Crippen LogP contribution >= 0.6 is 34.7 Å². The minimum Gasteiger partial charge on any atom is -0.462 e. The van der Waals surface area contributed by atoms with Gasteiger partial charge in [-0.15, -0.1) is 23.1 Å². The standard InChI is InChI=1S/C19H20ClNO3S2/c1-3-24-19(23)16-14-5-4-6-15(14)26-18(16)21-17(22)11(2)25-13-9-7-12(20)8-10-13/h7-11H,3-6H2,1-2H3,(H,21,22). The number of halogens is 1. The number of anilines is 1. The molecule has 0 spiro atoms. The number of ether oxygens (including phenoxy) is 1. The average molecular weight is 410 g/mol. The summed E-state index contributed by atoms with van der Waals surface area (Å²) in [5, 5.41) is 3.92. The smallest absolute Gasteiger partial charge is 0.341 e. The van der Waals surface area contributed by atoms with Gasteiger partial charge in [-0.3, -0.25) is 4.79 Å². The highest BCUT2D eigenvalue weighted by Gasteiger charge is 2.29. The lowest BCUT2D eigenvalue weighted by Crippen LogP contribution is -2.23. The van der Waals surface area contributed by atoms with Gasteiger partial charge in [-0.05, 0) is 62.9 Å². The molecule has 1 N–H and O–H groups in total. The van der Waals surface area contributed by atoms with E-state index in [0.717, 1.165) is 29.7 Å². The second kappa shape index (κ2) is 8.46. The van der Waals surface area contributed by atoms with Gasteiger partial charge in [-0.2, -0.15) is 0 Å². The van der Waals surface area contributed by atoms with E-state index in [1.807, 2.05) is 19.1 Å². The molecule has 1 aromatic carbocycles. The van der Waals surface area contributed by atoms with E-state index in [-0.39, 0.29) is 17.1 Å². The van der Waals surface area contributed by atoms with Crippen molar-refractivity contribution in [2.45, 2.75) is 43.3 Å². The van der Waals surface area contributed by atoms with Crippen LogP contribution in [-0.4, -0.2) is 23.7 Å². The Balaban J connectivity index is 1.74. The zero-order valence-corrected chi connectivity index (χ0v) is 17.0. The number of rotatable bonds is 6. The Bertz CT molecular complexity index is 817. The van der Waals surface area contributed by atoms with Gasteiger partial charge in [0.2, 0.25) is 5.91 Å². The molecule has 0 fully saturated rings. The van der Waals surface area contributed by atoms with E-state index >= 15 is 0 Å². The maximum absolute atomic E-state index is 12.6. The molecule has 3 rings (SSSR count). The molecular weight excluding hydrogens is 390 g/mol. The Morgan fingerprint density at radius 3 is 2.73 bits per heavy atom. The fraction of sp³-hybridized carbons (Fsp3) is 0.368. The maximum Gasteiger partial charge on any atom is 0.341 e. The molecule has 1 aliphatic carbocycles. The molecular formula is C19H20ClNO3S2. The average Bonchev–Trinajstić information content (AvgIpc) is 3.17. The van der Waals surface area contributed by atoms with Gasteiger partial charge >= 0.3 is 5.97 Å². The molecule has 1 atom stereocenters. The minimum absolute atomic E-state index is 0.129. The van der Waals surface area contributed by atoms with Crippen molar-refractivity contribution in [3.8, 4) is 0 Å². The van der Waals surface area contributed by atoms with Crippen molar-refractivity contribution in [1.82, 2.24) is 0 Å². The van der Waals surface area contributed by atoms with E-state index in [4.69, 9.17) is 16.3 Å². The molecule has 26 heavy (non-hydrogen) atoms. The lowest BCUT2D eigenvalue weighted by atomic mass is 10.1. The van der Waals surface area contributed by atoms with Crippen LogP contribution in [0.2, 0.25) is 5.02 Å². The SMILES string of the molecule is CCOC(=O)c1c(NC(=O)C(C)Sc2ccc(Cl)cc2)sc2c1CCC2. The van der Waals surface area contributed by atoms with Gasteiger partial charge in [0.1, 0.15) is 5.00 Å². The Morgan fingerprint density at radius 1 is 1.31 bits per heavy atom. The van der Waals surface area contributed by atoms with Crippen LogP contribution in [0.25, 0.3) is 0 Å². The zero-order chi connectivity index (χ0) is 18.7. The fourth-order valence-electron chi connectivity index (χ4n) is 2.90. The van der Waals surface area contributed by atoms with Crippen molar-refractivity contribution in [3.05, 3.63) is 45.3 Å². The summed E-state index contributed by atoms with van der Waals surface area (Å²) < 4.78 is 5.20. The first-order valence-corrected chi connectivity index (χ1v) is 10.6. The number of hydrogen-bond acceptors (Lipinski definition) is 5. The largest absolute Gasteiger partial charge is 0.462 e. The maximum atomic E-state index is 12.6. The number of thioether (sulfide) groups is 1. The van der Waals surface area contributed by atoms with E-state index in [9.17, 15) is 9.59 Å². The van der Waals surface area contributed by atoms with Gasteiger partial charge in [-0.1, -0.05) is 11.6 Å². The molecule has 1 aromatic heterocycles. The number of thiophene rings is 1. The summed E-state index contributed by atoms with van der Waals surface area (Å²) in [7, 11) is 0. The van der Waals surface area contributed by atoms with E-state index in [0.29, 0.717) is 22.2 Å². The number of hydrogen-bond donors (Lipinski definition) is 1. The molecule has 138 valence electrons. The van der Waals surface area contributed by atoms with Crippen molar-refractivity contribution < 1.29 is 14.3 Å². The molecule has 0 radical (unpaired) electrons. The number of benzene rings is 1. The van der Waals surface area contributed by atoms with E-state index < -0.39 is 0 Å². The summed E-state index contributed by atoms with van der Waals surface area (Å²) in [6.45, 7) is 3.95. The highest BCUT2D eigenvalue weighted by atomic mass is 35.5. The molecule has 0 bridgehead atoms. The topological polar surface area (TPSA) is 55.4 Å². The number of amides is 1. The van der Waals surface area contributed by atoms with Crippen LogP contribution in [0.15, 0.2) is 29.2 Å². The first kappa shape index (κ1) is 19.3. The Hall–Kier alpha value is -1.50. The third-order valence-electron chi connectivity index (χ3n) is 4.13. The zero-order valence-electron chi connectivity index (χ0n) is 14.6.